The van der Waals surface area contributed by atoms with Crippen LogP contribution < -0.4 is 10.6 Å². The van der Waals surface area contributed by atoms with Crippen LogP contribution in [0.15, 0.2) is 4.99 Å². The van der Waals surface area contributed by atoms with E-state index in [1.807, 2.05) is 7.05 Å². The number of carbonyl (C=O) groups is 1. The highest BCUT2D eigenvalue weighted by Gasteiger charge is 2.24. The van der Waals surface area contributed by atoms with Gasteiger partial charge in [-0.15, -0.1) is 0 Å². The van der Waals surface area contributed by atoms with Gasteiger partial charge in [-0.05, 0) is 18.8 Å². The maximum absolute atomic E-state index is 12.1. The molecule has 2 N–H and O–H groups in total. The van der Waals surface area contributed by atoms with Gasteiger partial charge in [-0.3, -0.25) is 9.79 Å². The predicted molar refractivity (Wildman–Crippen MR) is 104 cm³/mol. The summed E-state index contributed by atoms with van der Waals surface area (Å²) in [5.74, 6) is 2.92. The van der Waals surface area contributed by atoms with E-state index in [4.69, 9.17) is 0 Å². The van der Waals surface area contributed by atoms with Crippen LogP contribution in [0.2, 0.25) is 0 Å². The van der Waals surface area contributed by atoms with Gasteiger partial charge >= 0.3 is 0 Å². The Morgan fingerprint density at radius 3 is 2.71 bits per heavy atom. The standard InChI is InChI=1S/C18H34N4OS/c1-14(2)16-13-22(11-12-24-16)18(19-3)20-10-9-17(23)21-15-7-5-4-6-8-15/h14-16H,4-13H2,1-3H3,(H,19,20)(H,21,23). The Morgan fingerprint density at radius 1 is 1.29 bits per heavy atom. The van der Waals surface area contributed by atoms with Crippen LogP contribution in [0.4, 0.5) is 0 Å². The van der Waals surface area contributed by atoms with Crippen LogP contribution >= 0.6 is 11.8 Å². The Bertz CT molecular complexity index is 421. The molecule has 0 aromatic carbocycles. The molecule has 1 unspecified atom stereocenters. The molecular weight excluding hydrogens is 320 g/mol. The minimum Gasteiger partial charge on any atom is -0.356 e. The summed E-state index contributed by atoms with van der Waals surface area (Å²) in [6.45, 7) is 7.29. The van der Waals surface area contributed by atoms with E-state index in [-0.39, 0.29) is 5.91 Å². The largest absolute Gasteiger partial charge is 0.356 e. The normalized spacial score (nSPS) is 23.4. The minimum absolute atomic E-state index is 0.166. The van der Waals surface area contributed by atoms with Crippen molar-refractivity contribution in [1.82, 2.24) is 15.5 Å². The molecule has 0 aromatic heterocycles. The number of amides is 1. The maximum atomic E-state index is 12.1. The van der Waals surface area contributed by atoms with Crippen LogP contribution in [-0.2, 0) is 4.79 Å². The lowest BCUT2D eigenvalue weighted by Gasteiger charge is -2.36. The Hall–Kier alpha value is -0.910. The number of hydrogen-bond donors (Lipinski definition) is 2. The SMILES string of the molecule is CN=C(NCCC(=O)NC1CCCCC1)N1CCSC(C(C)C)C1. The lowest BCUT2D eigenvalue weighted by molar-refractivity contribution is -0.121. The van der Waals surface area contributed by atoms with Crippen LogP contribution in [0.5, 0.6) is 0 Å². The van der Waals surface area contributed by atoms with Crippen molar-refractivity contribution in [2.45, 2.75) is 63.7 Å². The van der Waals surface area contributed by atoms with Crippen LogP contribution in [-0.4, -0.2) is 60.5 Å². The zero-order chi connectivity index (χ0) is 17.4. The average molecular weight is 355 g/mol. The number of carbonyl (C=O) groups excluding carboxylic acids is 1. The fourth-order valence-electron chi connectivity index (χ4n) is 3.44. The van der Waals surface area contributed by atoms with Crippen molar-refractivity contribution in [1.29, 1.82) is 0 Å². The Balaban J connectivity index is 1.70. The summed E-state index contributed by atoms with van der Waals surface area (Å²) in [6.07, 6.45) is 6.62. The molecule has 0 spiro atoms. The summed E-state index contributed by atoms with van der Waals surface area (Å²) in [6, 6.07) is 0.400. The molecule has 0 aromatic rings. The molecular formula is C18H34N4OS. The van der Waals surface area contributed by atoms with Crippen molar-refractivity contribution in [3.8, 4) is 0 Å². The molecule has 6 heteroatoms. The number of nitrogens with one attached hydrogen (secondary N) is 2. The van der Waals surface area contributed by atoms with Gasteiger partial charge in [0.15, 0.2) is 5.96 Å². The molecule has 0 radical (unpaired) electrons. The summed E-state index contributed by atoms with van der Waals surface area (Å²) in [5.41, 5.74) is 0. The first-order chi connectivity index (χ1) is 11.6. The van der Waals surface area contributed by atoms with E-state index in [1.165, 1.54) is 19.3 Å². The van der Waals surface area contributed by atoms with Crippen molar-refractivity contribution in [3.63, 3.8) is 0 Å². The maximum Gasteiger partial charge on any atom is 0.221 e. The number of rotatable bonds is 5. The average Bonchev–Trinajstić information content (AvgIpc) is 2.59. The lowest BCUT2D eigenvalue weighted by atomic mass is 9.95. The van der Waals surface area contributed by atoms with Gasteiger partial charge in [-0.25, -0.2) is 0 Å². The fourth-order valence-corrected chi connectivity index (χ4v) is 4.74. The van der Waals surface area contributed by atoms with Crippen molar-refractivity contribution >= 4 is 23.6 Å². The molecule has 1 saturated carbocycles. The van der Waals surface area contributed by atoms with Crippen LogP contribution in [0, 0.1) is 5.92 Å². The summed E-state index contributed by atoms with van der Waals surface area (Å²) < 4.78 is 0. The third-order valence-corrected chi connectivity index (χ3v) is 6.49. The van der Waals surface area contributed by atoms with E-state index < -0.39 is 0 Å². The molecule has 2 fully saturated rings. The van der Waals surface area contributed by atoms with Crippen molar-refractivity contribution in [2.24, 2.45) is 10.9 Å². The number of nitrogens with zero attached hydrogens (tertiary/aromatic N) is 2. The number of hydrogen-bond acceptors (Lipinski definition) is 3. The molecule has 2 rings (SSSR count). The van der Waals surface area contributed by atoms with Gasteiger partial charge in [-0.1, -0.05) is 33.1 Å². The zero-order valence-corrected chi connectivity index (χ0v) is 16.3. The van der Waals surface area contributed by atoms with Gasteiger partial charge in [0.05, 0.1) is 0 Å². The summed E-state index contributed by atoms with van der Waals surface area (Å²) in [5, 5.41) is 7.21. The fraction of sp³-hybridized carbons (Fsp3) is 0.889. The van der Waals surface area contributed by atoms with Crippen LogP contribution in [0.25, 0.3) is 0 Å². The highest BCUT2D eigenvalue weighted by molar-refractivity contribution is 8.00. The smallest absolute Gasteiger partial charge is 0.221 e. The molecule has 1 atom stereocenters. The molecule has 1 aliphatic carbocycles. The number of thioether (sulfide) groups is 1. The van der Waals surface area contributed by atoms with Gasteiger partial charge in [-0.2, -0.15) is 11.8 Å². The van der Waals surface area contributed by atoms with Gasteiger partial charge in [0.25, 0.3) is 0 Å². The van der Waals surface area contributed by atoms with E-state index in [9.17, 15) is 4.79 Å². The third kappa shape index (κ3) is 6.19. The molecule has 1 aliphatic heterocycles. The Kier molecular flexibility index (Phi) is 8.22. The molecule has 1 saturated heterocycles. The van der Waals surface area contributed by atoms with Crippen LogP contribution in [0.3, 0.4) is 0 Å². The summed E-state index contributed by atoms with van der Waals surface area (Å²) in [4.78, 5) is 18.8. The minimum atomic E-state index is 0.166. The summed E-state index contributed by atoms with van der Waals surface area (Å²) >= 11 is 2.06. The number of aliphatic imine (C=N–C) groups is 1. The monoisotopic (exact) mass is 354 g/mol. The first-order valence-electron chi connectivity index (χ1n) is 9.46. The van der Waals surface area contributed by atoms with Gasteiger partial charge in [0.2, 0.25) is 5.91 Å². The third-order valence-electron chi connectivity index (χ3n) is 4.95. The van der Waals surface area contributed by atoms with Crippen molar-refractivity contribution in [2.75, 3.05) is 32.4 Å². The predicted octanol–water partition coefficient (Wildman–Crippen LogP) is 2.47. The van der Waals surface area contributed by atoms with E-state index >= 15 is 0 Å². The molecule has 1 amide bonds. The first-order valence-corrected chi connectivity index (χ1v) is 10.5. The second-order valence-electron chi connectivity index (χ2n) is 7.23. The molecule has 24 heavy (non-hydrogen) atoms. The molecule has 0 bridgehead atoms. The van der Waals surface area contributed by atoms with E-state index in [0.717, 1.165) is 37.6 Å². The second kappa shape index (κ2) is 10.2. The first kappa shape index (κ1) is 19.4. The van der Waals surface area contributed by atoms with Crippen molar-refractivity contribution < 1.29 is 4.79 Å². The molecule has 138 valence electrons. The van der Waals surface area contributed by atoms with E-state index in [1.54, 1.807) is 0 Å². The number of guanidine groups is 1. The Labute approximate surface area is 151 Å². The quantitative estimate of drug-likeness (QED) is 0.588. The lowest BCUT2D eigenvalue weighted by Crippen LogP contribution is -2.49. The van der Waals surface area contributed by atoms with Crippen LogP contribution in [0.1, 0.15) is 52.4 Å². The Morgan fingerprint density at radius 2 is 2.04 bits per heavy atom. The highest BCUT2D eigenvalue weighted by atomic mass is 32.2. The second-order valence-corrected chi connectivity index (χ2v) is 8.57. The van der Waals surface area contributed by atoms with E-state index in [2.05, 4.69) is 46.1 Å². The molecule has 1 heterocycles. The molecule has 2 aliphatic rings. The zero-order valence-electron chi connectivity index (χ0n) is 15.5. The van der Waals surface area contributed by atoms with Crippen molar-refractivity contribution in [3.05, 3.63) is 0 Å². The van der Waals surface area contributed by atoms with Gasteiger partial charge in [0.1, 0.15) is 0 Å². The molecule has 5 nitrogen and oxygen atoms in total. The van der Waals surface area contributed by atoms with E-state index in [0.29, 0.717) is 30.2 Å². The van der Waals surface area contributed by atoms with Gasteiger partial charge in [0, 0.05) is 50.1 Å². The highest BCUT2D eigenvalue weighted by Crippen LogP contribution is 2.24. The summed E-state index contributed by atoms with van der Waals surface area (Å²) in [7, 11) is 1.83. The topological polar surface area (TPSA) is 56.7 Å². The van der Waals surface area contributed by atoms with Gasteiger partial charge < -0.3 is 15.5 Å².